The molecule has 0 radical (unpaired) electrons. The van der Waals surface area contributed by atoms with Crippen molar-refractivity contribution in [3.05, 3.63) is 85.5 Å². The minimum absolute atomic E-state index is 0.935. The Bertz CT molecular complexity index is 999. The maximum Gasteiger partial charge on any atom is 0.0716 e. The standard InChI is InChI=1S/C25H24N4/c1-3-29(4-2)23-7-5-19(6-8-23)22-17-24(20-9-13-26-14-10-20)28-25(18-22)21-11-15-27-16-12-21/h5-18H,3-4H2,1-2H3. The number of hydrogen-bond donors (Lipinski definition) is 0. The van der Waals surface area contributed by atoms with Crippen LogP contribution in [0.5, 0.6) is 0 Å². The zero-order valence-corrected chi connectivity index (χ0v) is 16.8. The quantitative estimate of drug-likeness (QED) is 0.429. The Kier molecular flexibility index (Phi) is 5.61. The summed E-state index contributed by atoms with van der Waals surface area (Å²) in [4.78, 5) is 15.5. The van der Waals surface area contributed by atoms with Gasteiger partial charge in [-0.2, -0.15) is 0 Å². The van der Waals surface area contributed by atoms with Gasteiger partial charge in [0.1, 0.15) is 0 Å². The Balaban J connectivity index is 1.80. The molecule has 29 heavy (non-hydrogen) atoms. The van der Waals surface area contributed by atoms with E-state index in [4.69, 9.17) is 4.98 Å². The summed E-state index contributed by atoms with van der Waals surface area (Å²) in [5.74, 6) is 0. The fourth-order valence-electron chi connectivity index (χ4n) is 3.49. The van der Waals surface area contributed by atoms with Crippen LogP contribution >= 0.6 is 0 Å². The molecule has 4 nitrogen and oxygen atoms in total. The largest absolute Gasteiger partial charge is 0.372 e. The van der Waals surface area contributed by atoms with E-state index >= 15 is 0 Å². The minimum atomic E-state index is 0.935. The van der Waals surface area contributed by atoms with Crippen molar-refractivity contribution in [2.45, 2.75) is 13.8 Å². The van der Waals surface area contributed by atoms with Gasteiger partial charge in [-0.05, 0) is 73.5 Å². The van der Waals surface area contributed by atoms with Crippen molar-refractivity contribution in [1.82, 2.24) is 15.0 Å². The van der Waals surface area contributed by atoms with Crippen molar-refractivity contribution in [3.8, 4) is 33.6 Å². The zero-order valence-electron chi connectivity index (χ0n) is 16.8. The Hall–Kier alpha value is -3.53. The highest BCUT2D eigenvalue weighted by Gasteiger charge is 2.10. The van der Waals surface area contributed by atoms with Crippen molar-refractivity contribution >= 4 is 5.69 Å². The van der Waals surface area contributed by atoms with Gasteiger partial charge in [0.05, 0.1) is 11.4 Å². The van der Waals surface area contributed by atoms with E-state index in [0.717, 1.165) is 41.2 Å². The minimum Gasteiger partial charge on any atom is -0.372 e. The molecule has 1 aromatic carbocycles. The smallest absolute Gasteiger partial charge is 0.0716 e. The summed E-state index contributed by atoms with van der Waals surface area (Å²) in [7, 11) is 0. The van der Waals surface area contributed by atoms with Gasteiger partial charge in [-0.15, -0.1) is 0 Å². The topological polar surface area (TPSA) is 41.9 Å². The highest BCUT2D eigenvalue weighted by Crippen LogP contribution is 2.30. The third kappa shape index (κ3) is 4.16. The molecule has 0 atom stereocenters. The second kappa shape index (κ2) is 8.65. The Morgan fingerprint density at radius 1 is 0.586 bits per heavy atom. The van der Waals surface area contributed by atoms with Gasteiger partial charge in [0.25, 0.3) is 0 Å². The Labute approximate surface area is 171 Å². The van der Waals surface area contributed by atoms with E-state index in [1.165, 1.54) is 11.3 Å². The van der Waals surface area contributed by atoms with Crippen LogP contribution in [0.15, 0.2) is 85.5 Å². The van der Waals surface area contributed by atoms with E-state index in [-0.39, 0.29) is 0 Å². The van der Waals surface area contributed by atoms with E-state index in [0.29, 0.717) is 0 Å². The average molecular weight is 380 g/mol. The van der Waals surface area contributed by atoms with Crippen LogP contribution in [0.2, 0.25) is 0 Å². The molecule has 4 aromatic rings. The van der Waals surface area contributed by atoms with Crippen LogP contribution in [-0.2, 0) is 0 Å². The highest BCUT2D eigenvalue weighted by atomic mass is 15.1. The molecule has 0 bridgehead atoms. The predicted octanol–water partition coefficient (Wildman–Crippen LogP) is 5.72. The van der Waals surface area contributed by atoms with Crippen LogP contribution in [-0.4, -0.2) is 28.0 Å². The predicted molar refractivity (Wildman–Crippen MR) is 120 cm³/mol. The second-order valence-corrected chi connectivity index (χ2v) is 6.82. The number of pyridine rings is 3. The molecule has 0 spiro atoms. The zero-order chi connectivity index (χ0) is 20.1. The maximum atomic E-state index is 4.91. The Morgan fingerprint density at radius 2 is 1.07 bits per heavy atom. The average Bonchev–Trinajstić information content (AvgIpc) is 2.81. The number of nitrogens with zero attached hydrogens (tertiary/aromatic N) is 4. The highest BCUT2D eigenvalue weighted by molar-refractivity contribution is 5.77. The molecular weight excluding hydrogens is 356 g/mol. The van der Waals surface area contributed by atoms with Crippen LogP contribution in [0.1, 0.15) is 13.8 Å². The lowest BCUT2D eigenvalue weighted by atomic mass is 10.0. The Morgan fingerprint density at radius 3 is 1.52 bits per heavy atom. The molecule has 0 aliphatic rings. The van der Waals surface area contributed by atoms with Crippen LogP contribution < -0.4 is 4.90 Å². The molecule has 0 fully saturated rings. The van der Waals surface area contributed by atoms with Crippen molar-refractivity contribution in [2.75, 3.05) is 18.0 Å². The maximum absolute atomic E-state index is 4.91. The molecule has 0 N–H and O–H groups in total. The van der Waals surface area contributed by atoms with Gasteiger partial charge < -0.3 is 4.90 Å². The first-order valence-electron chi connectivity index (χ1n) is 9.96. The van der Waals surface area contributed by atoms with Crippen LogP contribution in [0, 0.1) is 0 Å². The number of benzene rings is 1. The SMILES string of the molecule is CCN(CC)c1ccc(-c2cc(-c3ccncc3)nc(-c3ccncc3)c2)cc1. The normalized spacial score (nSPS) is 10.7. The van der Waals surface area contributed by atoms with Gasteiger partial charge in [0.15, 0.2) is 0 Å². The molecule has 0 aliphatic heterocycles. The van der Waals surface area contributed by atoms with Crippen LogP contribution in [0.3, 0.4) is 0 Å². The third-order valence-corrected chi connectivity index (χ3v) is 5.11. The van der Waals surface area contributed by atoms with E-state index in [2.05, 4.69) is 65.1 Å². The number of rotatable bonds is 6. The fraction of sp³-hybridized carbons (Fsp3) is 0.160. The van der Waals surface area contributed by atoms with Crippen molar-refractivity contribution in [3.63, 3.8) is 0 Å². The van der Waals surface area contributed by atoms with Gasteiger partial charge in [0.2, 0.25) is 0 Å². The summed E-state index contributed by atoms with van der Waals surface area (Å²) in [5.41, 5.74) is 7.54. The molecule has 3 aromatic heterocycles. The molecule has 0 aliphatic carbocycles. The summed E-state index contributed by atoms with van der Waals surface area (Å²) in [6.07, 6.45) is 7.20. The second-order valence-electron chi connectivity index (χ2n) is 6.82. The molecule has 0 saturated carbocycles. The van der Waals surface area contributed by atoms with Gasteiger partial charge in [-0.3, -0.25) is 9.97 Å². The lowest BCUT2D eigenvalue weighted by Crippen LogP contribution is -2.21. The molecular formula is C25H24N4. The van der Waals surface area contributed by atoms with E-state index in [9.17, 15) is 0 Å². The summed E-state index contributed by atoms with van der Waals surface area (Å²) in [5, 5.41) is 0. The summed E-state index contributed by atoms with van der Waals surface area (Å²) in [6, 6.07) is 21.0. The van der Waals surface area contributed by atoms with Gasteiger partial charge in [-0.25, -0.2) is 4.98 Å². The van der Waals surface area contributed by atoms with E-state index in [1.807, 2.05) is 24.3 Å². The number of anilines is 1. The molecule has 4 rings (SSSR count). The molecule has 0 unspecified atom stereocenters. The lowest BCUT2D eigenvalue weighted by molar-refractivity contribution is 0.866. The van der Waals surface area contributed by atoms with E-state index < -0.39 is 0 Å². The first kappa shape index (κ1) is 18.8. The molecule has 144 valence electrons. The van der Waals surface area contributed by atoms with Crippen LogP contribution in [0.4, 0.5) is 5.69 Å². The summed E-state index contributed by atoms with van der Waals surface area (Å²) >= 11 is 0. The monoisotopic (exact) mass is 380 g/mol. The first-order chi connectivity index (χ1) is 14.3. The van der Waals surface area contributed by atoms with Crippen molar-refractivity contribution < 1.29 is 0 Å². The van der Waals surface area contributed by atoms with Gasteiger partial charge in [-0.1, -0.05) is 12.1 Å². The van der Waals surface area contributed by atoms with Crippen molar-refractivity contribution in [1.29, 1.82) is 0 Å². The van der Waals surface area contributed by atoms with Crippen molar-refractivity contribution in [2.24, 2.45) is 0 Å². The summed E-state index contributed by atoms with van der Waals surface area (Å²) in [6.45, 7) is 6.37. The molecule has 3 heterocycles. The fourth-order valence-corrected chi connectivity index (χ4v) is 3.49. The molecule has 4 heteroatoms. The van der Waals surface area contributed by atoms with Gasteiger partial charge >= 0.3 is 0 Å². The third-order valence-electron chi connectivity index (χ3n) is 5.11. The summed E-state index contributed by atoms with van der Waals surface area (Å²) < 4.78 is 0. The lowest BCUT2D eigenvalue weighted by Gasteiger charge is -2.21. The number of aromatic nitrogens is 3. The first-order valence-corrected chi connectivity index (χ1v) is 9.96. The number of hydrogen-bond acceptors (Lipinski definition) is 4. The van der Waals surface area contributed by atoms with E-state index in [1.54, 1.807) is 24.8 Å². The van der Waals surface area contributed by atoms with Crippen LogP contribution in [0.25, 0.3) is 33.6 Å². The molecule has 0 saturated heterocycles. The molecule has 0 amide bonds. The van der Waals surface area contributed by atoms with Gasteiger partial charge in [0, 0.05) is 54.7 Å².